The first-order valence-corrected chi connectivity index (χ1v) is 7.79. The van der Waals surface area contributed by atoms with Gasteiger partial charge < -0.3 is 15.3 Å². The lowest BCUT2D eigenvalue weighted by molar-refractivity contribution is 0.0561. The fourth-order valence-corrected chi connectivity index (χ4v) is 2.52. The topological polar surface area (TPSA) is 65.5 Å². The second kappa shape index (κ2) is 8.29. The molecule has 1 aromatic carbocycles. The lowest BCUT2D eigenvalue weighted by atomic mass is 10.1. The Kier molecular flexibility index (Phi) is 6.11. The molecule has 0 spiro atoms. The first-order valence-electron chi connectivity index (χ1n) is 7.79. The van der Waals surface area contributed by atoms with Crippen LogP contribution in [-0.4, -0.2) is 40.6 Å². The van der Waals surface area contributed by atoms with Crippen LogP contribution in [0.1, 0.15) is 29.4 Å². The number of hydrogen-bond acceptors (Lipinski definition) is 4. The summed E-state index contributed by atoms with van der Waals surface area (Å²) in [5.41, 5.74) is 2.17. The molecule has 1 aromatic heterocycles. The van der Waals surface area contributed by atoms with E-state index >= 15 is 0 Å². The summed E-state index contributed by atoms with van der Waals surface area (Å²) in [6, 6.07) is 12.8. The molecule has 2 N–H and O–H groups in total. The highest BCUT2D eigenvalue weighted by Crippen LogP contribution is 2.20. The highest BCUT2D eigenvalue weighted by Gasteiger charge is 2.25. The van der Waals surface area contributed by atoms with Gasteiger partial charge >= 0.3 is 0 Å². The number of pyridine rings is 1. The zero-order valence-electron chi connectivity index (χ0n) is 13.6. The Morgan fingerprint density at radius 1 is 1.26 bits per heavy atom. The van der Waals surface area contributed by atoms with Gasteiger partial charge in [-0.15, -0.1) is 0 Å². The molecular weight excluding hydrogens is 290 g/mol. The van der Waals surface area contributed by atoms with Crippen LogP contribution >= 0.6 is 0 Å². The molecule has 0 bridgehead atoms. The van der Waals surface area contributed by atoms with Crippen LogP contribution in [0, 0.1) is 0 Å². The quantitative estimate of drug-likeness (QED) is 0.824. The van der Waals surface area contributed by atoms with E-state index in [9.17, 15) is 9.90 Å². The second-order valence-corrected chi connectivity index (χ2v) is 5.29. The molecule has 0 aliphatic rings. The van der Waals surface area contributed by atoms with E-state index in [1.807, 2.05) is 43.3 Å². The highest BCUT2D eigenvalue weighted by atomic mass is 16.3. The molecule has 0 radical (unpaired) electrons. The Bertz CT molecular complexity index is 627. The van der Waals surface area contributed by atoms with E-state index in [1.165, 1.54) is 0 Å². The minimum absolute atomic E-state index is 0.0726. The van der Waals surface area contributed by atoms with Gasteiger partial charge in [0.1, 0.15) is 0 Å². The largest absolute Gasteiger partial charge is 0.394 e. The smallest absolute Gasteiger partial charge is 0.256 e. The SMILES string of the molecule is CC[C@@H](CO)N(Cc1ccccn1)C(=O)c1ccccc1NC. The maximum absolute atomic E-state index is 13.0. The standard InChI is InChI=1S/C18H23N3O2/c1-3-15(13-22)21(12-14-8-6-7-11-20-14)18(23)16-9-4-5-10-17(16)19-2/h4-11,15,19,22H,3,12-13H2,1-2H3/t15-/m0/s1. The molecule has 0 aliphatic carbocycles. The number of nitrogens with one attached hydrogen (secondary N) is 1. The predicted octanol–water partition coefficient (Wildman–Crippen LogP) is 2.54. The van der Waals surface area contributed by atoms with Crippen LogP contribution < -0.4 is 5.32 Å². The number of nitrogens with zero attached hydrogens (tertiary/aromatic N) is 2. The molecule has 122 valence electrons. The predicted molar refractivity (Wildman–Crippen MR) is 91.3 cm³/mol. The molecule has 1 heterocycles. The number of amides is 1. The average molecular weight is 313 g/mol. The summed E-state index contributed by atoms with van der Waals surface area (Å²) in [6.45, 7) is 2.26. The van der Waals surface area contributed by atoms with Crippen molar-refractivity contribution in [1.29, 1.82) is 0 Å². The van der Waals surface area contributed by atoms with Gasteiger partial charge in [0.05, 0.1) is 30.5 Å². The van der Waals surface area contributed by atoms with Crippen LogP contribution in [0.15, 0.2) is 48.7 Å². The third-order valence-corrected chi connectivity index (χ3v) is 3.87. The van der Waals surface area contributed by atoms with Gasteiger partial charge in [0.25, 0.3) is 5.91 Å². The second-order valence-electron chi connectivity index (χ2n) is 5.29. The van der Waals surface area contributed by atoms with E-state index in [0.29, 0.717) is 18.5 Å². The van der Waals surface area contributed by atoms with Crippen molar-refractivity contribution >= 4 is 11.6 Å². The number of benzene rings is 1. The highest BCUT2D eigenvalue weighted by molar-refractivity contribution is 5.99. The Balaban J connectivity index is 2.34. The summed E-state index contributed by atoms with van der Waals surface area (Å²) < 4.78 is 0. The van der Waals surface area contributed by atoms with Crippen molar-refractivity contribution in [2.24, 2.45) is 0 Å². The summed E-state index contributed by atoms with van der Waals surface area (Å²) in [5, 5.41) is 12.7. The summed E-state index contributed by atoms with van der Waals surface area (Å²) in [5.74, 6) is -0.110. The van der Waals surface area contributed by atoms with E-state index in [1.54, 1.807) is 24.2 Å². The molecule has 0 unspecified atom stereocenters. The van der Waals surface area contributed by atoms with Crippen LogP contribution in [0.2, 0.25) is 0 Å². The normalized spacial score (nSPS) is 11.8. The van der Waals surface area contributed by atoms with Crippen molar-refractivity contribution in [2.45, 2.75) is 25.9 Å². The Morgan fingerprint density at radius 3 is 2.61 bits per heavy atom. The lowest BCUT2D eigenvalue weighted by Gasteiger charge is -2.30. The van der Waals surface area contributed by atoms with E-state index in [4.69, 9.17) is 0 Å². The van der Waals surface area contributed by atoms with Gasteiger partial charge in [0.15, 0.2) is 0 Å². The maximum Gasteiger partial charge on any atom is 0.256 e. The Hall–Kier alpha value is -2.40. The van der Waals surface area contributed by atoms with E-state index in [2.05, 4.69) is 10.3 Å². The molecule has 0 saturated heterocycles. The maximum atomic E-state index is 13.0. The molecule has 2 rings (SSSR count). The molecule has 1 amide bonds. The molecule has 23 heavy (non-hydrogen) atoms. The number of aromatic nitrogens is 1. The molecule has 0 aliphatic heterocycles. The van der Waals surface area contributed by atoms with Crippen molar-refractivity contribution in [2.75, 3.05) is 19.0 Å². The zero-order valence-corrected chi connectivity index (χ0v) is 13.6. The third-order valence-electron chi connectivity index (χ3n) is 3.87. The van der Waals surface area contributed by atoms with Crippen molar-refractivity contribution in [3.05, 3.63) is 59.9 Å². The average Bonchev–Trinajstić information content (AvgIpc) is 2.62. The molecule has 5 heteroatoms. The number of anilines is 1. The number of carbonyl (C=O) groups is 1. The van der Waals surface area contributed by atoms with Crippen LogP contribution in [0.4, 0.5) is 5.69 Å². The Morgan fingerprint density at radius 2 is 2.00 bits per heavy atom. The van der Waals surface area contributed by atoms with Gasteiger partial charge in [0.2, 0.25) is 0 Å². The van der Waals surface area contributed by atoms with Gasteiger partial charge in [-0.3, -0.25) is 9.78 Å². The number of para-hydroxylation sites is 1. The van der Waals surface area contributed by atoms with Gasteiger partial charge in [0, 0.05) is 18.9 Å². The number of carbonyl (C=O) groups excluding carboxylic acids is 1. The molecule has 0 saturated carbocycles. The summed E-state index contributed by atoms with van der Waals surface area (Å²) in [6.07, 6.45) is 2.39. The van der Waals surface area contributed by atoms with Crippen LogP contribution in [0.5, 0.6) is 0 Å². The third kappa shape index (κ3) is 4.07. The molecule has 5 nitrogen and oxygen atoms in total. The van der Waals surface area contributed by atoms with Gasteiger partial charge in [-0.2, -0.15) is 0 Å². The van der Waals surface area contributed by atoms with Crippen LogP contribution in [-0.2, 0) is 6.54 Å². The van der Waals surface area contributed by atoms with Crippen molar-refractivity contribution in [3.8, 4) is 0 Å². The van der Waals surface area contributed by atoms with E-state index in [0.717, 1.165) is 11.4 Å². The van der Waals surface area contributed by atoms with Gasteiger partial charge in [-0.05, 0) is 30.7 Å². The van der Waals surface area contributed by atoms with Crippen molar-refractivity contribution in [3.63, 3.8) is 0 Å². The van der Waals surface area contributed by atoms with Crippen LogP contribution in [0.25, 0.3) is 0 Å². The molecule has 1 atom stereocenters. The molecule has 0 fully saturated rings. The fraction of sp³-hybridized carbons (Fsp3) is 0.333. The van der Waals surface area contributed by atoms with Crippen molar-refractivity contribution in [1.82, 2.24) is 9.88 Å². The first kappa shape index (κ1) is 17.0. The monoisotopic (exact) mass is 313 g/mol. The molecular formula is C18H23N3O2. The fourth-order valence-electron chi connectivity index (χ4n) is 2.52. The van der Waals surface area contributed by atoms with Gasteiger partial charge in [-0.1, -0.05) is 25.1 Å². The Labute approximate surface area is 137 Å². The van der Waals surface area contributed by atoms with E-state index < -0.39 is 0 Å². The summed E-state index contributed by atoms with van der Waals surface area (Å²) in [7, 11) is 1.79. The first-order chi connectivity index (χ1) is 11.2. The molecule has 2 aromatic rings. The zero-order chi connectivity index (χ0) is 16.7. The van der Waals surface area contributed by atoms with Crippen LogP contribution in [0.3, 0.4) is 0 Å². The van der Waals surface area contributed by atoms with Gasteiger partial charge in [-0.25, -0.2) is 0 Å². The van der Waals surface area contributed by atoms with Crippen molar-refractivity contribution < 1.29 is 9.90 Å². The minimum atomic E-state index is -0.241. The van der Waals surface area contributed by atoms with E-state index in [-0.39, 0.29) is 18.6 Å². The number of hydrogen-bond donors (Lipinski definition) is 2. The minimum Gasteiger partial charge on any atom is -0.394 e. The summed E-state index contributed by atoms with van der Waals surface area (Å²) in [4.78, 5) is 19.0. The number of aliphatic hydroxyl groups excluding tert-OH is 1. The number of rotatable bonds is 7. The number of aliphatic hydroxyl groups is 1. The summed E-state index contributed by atoms with van der Waals surface area (Å²) >= 11 is 0. The lowest BCUT2D eigenvalue weighted by Crippen LogP contribution is -2.42.